The van der Waals surface area contributed by atoms with Crippen molar-refractivity contribution in [3.05, 3.63) is 4.77 Å². The Balaban J connectivity index is 2.76. The molecule has 0 unspecified atom stereocenters. The number of nitrogens with one attached hydrogen (secondary N) is 2. The molecule has 1 rings (SSSR count). The number of hydrogen-bond donors (Lipinski definition) is 2. The van der Waals surface area contributed by atoms with Crippen molar-refractivity contribution in [1.29, 1.82) is 0 Å². The lowest BCUT2D eigenvalue weighted by Gasteiger charge is -2.23. The topological polar surface area (TPSA) is 66.1 Å². The Morgan fingerprint density at radius 3 is 2.41 bits per heavy atom. The molecular weight excluding hydrogens is 298 g/mol. The lowest BCUT2D eigenvalue weighted by molar-refractivity contribution is 0.197. The first-order chi connectivity index (χ1) is 10.7. The van der Waals surface area contributed by atoms with E-state index >= 15 is 0 Å². The highest BCUT2D eigenvalue weighted by molar-refractivity contribution is 7.71. The van der Waals surface area contributed by atoms with Crippen molar-refractivity contribution >= 4 is 24.1 Å². The van der Waals surface area contributed by atoms with Crippen molar-refractivity contribution < 1.29 is 4.74 Å². The summed E-state index contributed by atoms with van der Waals surface area (Å²) >= 11 is 5.20. The van der Waals surface area contributed by atoms with Crippen molar-refractivity contribution in [3.63, 3.8) is 0 Å². The SMILES string of the molecule is CCCCN(CCCC)c1nc(=S)nc(NCCCOC)[nH]1. The highest BCUT2D eigenvalue weighted by Gasteiger charge is 2.09. The van der Waals surface area contributed by atoms with Gasteiger partial charge in [-0.3, -0.25) is 4.98 Å². The van der Waals surface area contributed by atoms with E-state index in [9.17, 15) is 0 Å². The second-order valence-electron chi connectivity index (χ2n) is 5.27. The van der Waals surface area contributed by atoms with Gasteiger partial charge in [-0.15, -0.1) is 0 Å². The molecule has 2 N–H and O–H groups in total. The minimum atomic E-state index is 0.376. The average molecular weight is 327 g/mol. The maximum atomic E-state index is 5.20. The van der Waals surface area contributed by atoms with Crippen molar-refractivity contribution in [2.24, 2.45) is 0 Å². The molecule has 1 aromatic rings. The fourth-order valence-electron chi connectivity index (χ4n) is 2.05. The largest absolute Gasteiger partial charge is 0.385 e. The molecule has 22 heavy (non-hydrogen) atoms. The maximum absolute atomic E-state index is 5.20. The molecule has 7 heteroatoms. The monoisotopic (exact) mass is 327 g/mol. The summed E-state index contributed by atoms with van der Waals surface area (Å²) in [5.41, 5.74) is 0. The first-order valence-corrected chi connectivity index (χ1v) is 8.58. The number of rotatable bonds is 12. The molecule has 0 atom stereocenters. The summed E-state index contributed by atoms with van der Waals surface area (Å²) in [6, 6.07) is 0. The van der Waals surface area contributed by atoms with Crippen LogP contribution in [0, 0.1) is 4.77 Å². The zero-order chi connectivity index (χ0) is 16.2. The normalized spacial score (nSPS) is 10.7. The minimum Gasteiger partial charge on any atom is -0.385 e. The van der Waals surface area contributed by atoms with Gasteiger partial charge in [-0.1, -0.05) is 26.7 Å². The van der Waals surface area contributed by atoms with Gasteiger partial charge in [-0.05, 0) is 31.5 Å². The maximum Gasteiger partial charge on any atom is 0.225 e. The van der Waals surface area contributed by atoms with Gasteiger partial charge in [0, 0.05) is 33.4 Å². The third kappa shape index (κ3) is 7.17. The predicted octanol–water partition coefficient (Wildman–Crippen LogP) is 3.39. The van der Waals surface area contributed by atoms with Crippen molar-refractivity contribution in [2.75, 3.05) is 43.6 Å². The number of hydrogen-bond acceptors (Lipinski definition) is 6. The zero-order valence-corrected chi connectivity index (χ0v) is 14.8. The Labute approximate surface area is 138 Å². The summed E-state index contributed by atoms with van der Waals surface area (Å²) in [7, 11) is 1.70. The number of H-pyrrole nitrogens is 1. The van der Waals surface area contributed by atoms with Crippen LogP contribution in [-0.2, 0) is 4.74 Å². The Hall–Kier alpha value is -1.21. The van der Waals surface area contributed by atoms with E-state index in [1.807, 2.05) is 0 Å². The van der Waals surface area contributed by atoms with Crippen LogP contribution in [0.15, 0.2) is 0 Å². The molecule has 1 heterocycles. The van der Waals surface area contributed by atoms with E-state index in [0.717, 1.165) is 64.3 Å². The van der Waals surface area contributed by atoms with Crippen molar-refractivity contribution in [1.82, 2.24) is 15.0 Å². The molecule has 126 valence electrons. The molecule has 6 nitrogen and oxygen atoms in total. The fourth-order valence-corrected chi connectivity index (χ4v) is 2.23. The molecule has 0 fully saturated rings. The van der Waals surface area contributed by atoms with E-state index in [1.165, 1.54) is 0 Å². The molecule has 0 amide bonds. The van der Waals surface area contributed by atoms with Gasteiger partial charge in [-0.2, -0.15) is 9.97 Å². The minimum absolute atomic E-state index is 0.376. The first-order valence-electron chi connectivity index (χ1n) is 8.17. The standard InChI is InChI=1S/C15H29N5OS/c1-4-6-10-20(11-7-5-2)14-17-13(18-15(22)19-14)16-9-8-12-21-3/h4-12H2,1-3H3,(H2,16,17,18,19,22). The first kappa shape index (κ1) is 18.8. The smallest absolute Gasteiger partial charge is 0.225 e. The number of methoxy groups -OCH3 is 1. The quantitative estimate of drug-likeness (QED) is 0.453. The number of aromatic amines is 1. The van der Waals surface area contributed by atoms with Crippen LogP contribution in [0.3, 0.4) is 0 Å². The highest BCUT2D eigenvalue weighted by atomic mass is 32.1. The molecule has 0 saturated carbocycles. The van der Waals surface area contributed by atoms with Gasteiger partial charge in [0.1, 0.15) is 0 Å². The molecule has 0 bridgehead atoms. The Morgan fingerprint density at radius 2 is 1.82 bits per heavy atom. The van der Waals surface area contributed by atoms with Crippen molar-refractivity contribution in [2.45, 2.75) is 46.0 Å². The van der Waals surface area contributed by atoms with Crippen LogP contribution in [0.2, 0.25) is 0 Å². The van der Waals surface area contributed by atoms with Crippen molar-refractivity contribution in [3.8, 4) is 0 Å². The second kappa shape index (κ2) is 11.4. The summed E-state index contributed by atoms with van der Waals surface area (Å²) < 4.78 is 5.42. The van der Waals surface area contributed by atoms with E-state index < -0.39 is 0 Å². The number of unbranched alkanes of at least 4 members (excludes halogenated alkanes) is 2. The molecule has 1 aromatic heterocycles. The highest BCUT2D eigenvalue weighted by Crippen LogP contribution is 2.12. The lowest BCUT2D eigenvalue weighted by Crippen LogP contribution is -2.28. The Kier molecular flexibility index (Phi) is 9.74. The lowest BCUT2D eigenvalue weighted by atomic mass is 10.3. The predicted molar refractivity (Wildman–Crippen MR) is 94.2 cm³/mol. The van der Waals surface area contributed by atoms with Gasteiger partial charge in [0.25, 0.3) is 0 Å². The van der Waals surface area contributed by atoms with Gasteiger partial charge in [-0.25, -0.2) is 0 Å². The van der Waals surface area contributed by atoms with Gasteiger partial charge in [0.05, 0.1) is 0 Å². The molecule has 0 aliphatic carbocycles. The van der Waals surface area contributed by atoms with Gasteiger partial charge >= 0.3 is 0 Å². The molecule has 0 aromatic carbocycles. The summed E-state index contributed by atoms with van der Waals surface area (Å²) in [5, 5.41) is 3.25. The van der Waals surface area contributed by atoms with Gasteiger partial charge < -0.3 is 15.0 Å². The number of nitrogens with zero attached hydrogens (tertiary/aromatic N) is 3. The molecule has 0 aliphatic rings. The van der Waals surface area contributed by atoms with Crippen LogP contribution in [0.25, 0.3) is 0 Å². The molecule has 0 saturated heterocycles. The molecule has 0 radical (unpaired) electrons. The van der Waals surface area contributed by atoms with Gasteiger partial charge in [0.15, 0.2) is 0 Å². The van der Waals surface area contributed by atoms with Crippen LogP contribution in [0.4, 0.5) is 11.9 Å². The summed E-state index contributed by atoms with van der Waals surface area (Å²) in [5.74, 6) is 1.50. The van der Waals surface area contributed by atoms with Crippen LogP contribution in [0.5, 0.6) is 0 Å². The van der Waals surface area contributed by atoms with E-state index in [2.05, 4.69) is 39.0 Å². The summed E-state index contributed by atoms with van der Waals surface area (Å²) in [4.78, 5) is 14.2. The van der Waals surface area contributed by atoms with E-state index in [4.69, 9.17) is 17.0 Å². The zero-order valence-electron chi connectivity index (χ0n) is 14.0. The van der Waals surface area contributed by atoms with Crippen LogP contribution >= 0.6 is 12.2 Å². The number of anilines is 2. The molecule has 0 aliphatic heterocycles. The van der Waals surface area contributed by atoms with Gasteiger partial charge in [0.2, 0.25) is 16.7 Å². The van der Waals surface area contributed by atoms with Crippen LogP contribution in [0.1, 0.15) is 46.0 Å². The summed E-state index contributed by atoms with van der Waals surface area (Å²) in [6.07, 6.45) is 5.54. The number of ether oxygens (including phenoxy) is 1. The van der Waals surface area contributed by atoms with E-state index in [-0.39, 0.29) is 0 Å². The summed E-state index contributed by atoms with van der Waals surface area (Å²) in [6.45, 7) is 7.89. The second-order valence-corrected chi connectivity index (χ2v) is 5.64. The Bertz CT molecular complexity index is 457. The van der Waals surface area contributed by atoms with Crippen LogP contribution in [-0.4, -0.2) is 48.3 Å². The third-order valence-corrected chi connectivity index (χ3v) is 3.50. The van der Waals surface area contributed by atoms with E-state index in [1.54, 1.807) is 7.11 Å². The van der Waals surface area contributed by atoms with E-state index in [0.29, 0.717) is 10.7 Å². The molecule has 0 spiro atoms. The fraction of sp³-hybridized carbons (Fsp3) is 0.800. The average Bonchev–Trinajstić information content (AvgIpc) is 2.51. The number of aromatic nitrogens is 3. The van der Waals surface area contributed by atoms with Crippen LogP contribution < -0.4 is 10.2 Å². The molecular formula is C15H29N5OS. The third-order valence-electron chi connectivity index (χ3n) is 3.32. The Morgan fingerprint density at radius 1 is 1.14 bits per heavy atom.